The zero-order valence-electron chi connectivity index (χ0n) is 12.7. The second-order valence-electron chi connectivity index (χ2n) is 5.94. The first-order valence-corrected chi connectivity index (χ1v) is 8.83. The molecule has 0 radical (unpaired) electrons. The van der Waals surface area contributed by atoms with Gasteiger partial charge in [-0.1, -0.05) is 54.1 Å². The number of Topliss-reactive ketones (excluding diaryl/α,β-unsaturated/α-hetero) is 2. The molecule has 130 valence electrons. The second kappa shape index (κ2) is 6.17. The molecule has 0 saturated carbocycles. The average Bonchev–Trinajstić information content (AvgIpc) is 2.61. The monoisotopic (exact) mass is 416 g/mol. The first-order valence-electron chi connectivity index (χ1n) is 7.32. The zero-order valence-corrected chi connectivity index (χ0v) is 15.8. The number of alkyl halides is 2. The number of carbonyl (C=O) groups is 2. The highest BCUT2D eigenvalue weighted by Crippen LogP contribution is 2.59. The maximum Gasteiger partial charge on any atom is 0.199 e. The molecular weight excluding hydrogens is 406 g/mol. The van der Waals surface area contributed by atoms with E-state index >= 15 is 0 Å². The van der Waals surface area contributed by atoms with Crippen molar-refractivity contribution in [2.45, 2.75) is 22.1 Å². The van der Waals surface area contributed by atoms with Gasteiger partial charge in [0.2, 0.25) is 0 Å². The number of rotatable bonds is 2. The largest absolute Gasteiger partial charge is 0.508 e. The van der Waals surface area contributed by atoms with E-state index in [1.54, 1.807) is 24.3 Å². The van der Waals surface area contributed by atoms with Crippen molar-refractivity contribution in [2.24, 2.45) is 0 Å². The molecule has 3 atom stereocenters. The molecule has 0 fully saturated rings. The standard InChI is InChI=1S/C18H12Cl4O3/c1-2-9-7-8-17(21)15(24)13(19)14(20)16(25)18(17,22)12(9)10-3-5-11(23)6-4-10/h2-7,12,23H,1,8H2/t12-,17-,18+/m1/s1. The summed E-state index contributed by atoms with van der Waals surface area (Å²) in [5, 5.41) is 8.71. The molecule has 0 aliphatic heterocycles. The Morgan fingerprint density at radius 3 is 2.20 bits per heavy atom. The van der Waals surface area contributed by atoms with Gasteiger partial charge in [0, 0.05) is 5.92 Å². The normalized spacial score (nSPS) is 32.3. The van der Waals surface area contributed by atoms with Gasteiger partial charge in [-0.2, -0.15) is 0 Å². The summed E-state index contributed by atoms with van der Waals surface area (Å²) in [6.45, 7) is 3.76. The Hall–Kier alpha value is -1.26. The van der Waals surface area contributed by atoms with Gasteiger partial charge in [0.1, 0.15) is 25.6 Å². The van der Waals surface area contributed by atoms with Gasteiger partial charge in [-0.05, 0) is 29.7 Å². The number of halogens is 4. The number of hydrogen-bond donors (Lipinski definition) is 1. The Morgan fingerprint density at radius 2 is 1.64 bits per heavy atom. The molecular formula is C18H12Cl4O3. The molecule has 0 heterocycles. The predicted molar refractivity (Wildman–Crippen MR) is 99.7 cm³/mol. The van der Waals surface area contributed by atoms with Gasteiger partial charge in [-0.25, -0.2) is 0 Å². The van der Waals surface area contributed by atoms with Crippen molar-refractivity contribution in [2.75, 3.05) is 0 Å². The SMILES string of the molecule is C=CC1=CC[C@@]2(Cl)C(=O)C(Cl)=C(Cl)C(=O)[C@@]2(Cl)[C@H]1c1ccc(O)cc1. The molecule has 0 bridgehead atoms. The van der Waals surface area contributed by atoms with Gasteiger partial charge in [-0.3, -0.25) is 9.59 Å². The van der Waals surface area contributed by atoms with Gasteiger partial charge < -0.3 is 5.11 Å². The van der Waals surface area contributed by atoms with Crippen LogP contribution in [0.5, 0.6) is 5.75 Å². The lowest BCUT2D eigenvalue weighted by molar-refractivity contribution is -0.127. The molecule has 0 amide bonds. The van der Waals surface area contributed by atoms with Crippen molar-refractivity contribution in [3.05, 3.63) is 64.2 Å². The van der Waals surface area contributed by atoms with Crippen LogP contribution in [0, 0.1) is 0 Å². The molecule has 0 saturated heterocycles. The van der Waals surface area contributed by atoms with Crippen LogP contribution in [0.4, 0.5) is 0 Å². The van der Waals surface area contributed by atoms with Gasteiger partial charge in [0.15, 0.2) is 11.6 Å². The number of phenols is 1. The average molecular weight is 418 g/mol. The van der Waals surface area contributed by atoms with Crippen molar-refractivity contribution in [1.82, 2.24) is 0 Å². The second-order valence-corrected chi connectivity index (χ2v) is 7.93. The van der Waals surface area contributed by atoms with Crippen LogP contribution < -0.4 is 0 Å². The summed E-state index contributed by atoms with van der Waals surface area (Å²) < 4.78 is 0. The van der Waals surface area contributed by atoms with Crippen LogP contribution in [0.15, 0.2) is 58.6 Å². The third kappa shape index (κ3) is 2.41. The lowest BCUT2D eigenvalue weighted by atomic mass is 9.62. The van der Waals surface area contributed by atoms with Crippen LogP contribution in [0.25, 0.3) is 0 Å². The van der Waals surface area contributed by atoms with Crippen LogP contribution in [-0.2, 0) is 9.59 Å². The molecule has 0 unspecified atom stereocenters. The van der Waals surface area contributed by atoms with Gasteiger partial charge >= 0.3 is 0 Å². The Morgan fingerprint density at radius 1 is 1.08 bits per heavy atom. The fourth-order valence-electron chi connectivity index (χ4n) is 3.38. The number of ketones is 2. The Balaban J connectivity index is 2.32. The van der Waals surface area contributed by atoms with E-state index in [0.29, 0.717) is 11.1 Å². The van der Waals surface area contributed by atoms with Crippen LogP contribution in [-0.4, -0.2) is 26.4 Å². The van der Waals surface area contributed by atoms with E-state index in [2.05, 4.69) is 6.58 Å². The molecule has 1 N–H and O–H groups in total. The van der Waals surface area contributed by atoms with E-state index in [9.17, 15) is 14.7 Å². The first-order chi connectivity index (χ1) is 11.7. The lowest BCUT2D eigenvalue weighted by Gasteiger charge is -2.49. The maximum absolute atomic E-state index is 13.0. The molecule has 2 aliphatic rings. The summed E-state index contributed by atoms with van der Waals surface area (Å²) in [5.41, 5.74) is 1.23. The van der Waals surface area contributed by atoms with Gasteiger partial charge in [0.05, 0.1) is 0 Å². The van der Waals surface area contributed by atoms with E-state index < -0.39 is 37.3 Å². The number of benzene rings is 1. The van der Waals surface area contributed by atoms with Crippen LogP contribution in [0.2, 0.25) is 0 Å². The molecule has 0 aromatic heterocycles. The van der Waals surface area contributed by atoms with E-state index in [0.717, 1.165) is 0 Å². The van der Waals surface area contributed by atoms with Crippen molar-refractivity contribution >= 4 is 58.0 Å². The minimum Gasteiger partial charge on any atom is -0.508 e. The molecule has 3 rings (SSSR count). The molecule has 7 heteroatoms. The summed E-state index contributed by atoms with van der Waals surface area (Å²) in [4.78, 5) is 22.1. The number of fused-ring (bicyclic) bond motifs is 1. The highest BCUT2D eigenvalue weighted by Gasteiger charge is 2.68. The lowest BCUT2D eigenvalue weighted by Crippen LogP contribution is -2.64. The fraction of sp³-hybridized carbons (Fsp3) is 0.222. The number of phenolic OH excluding ortho intramolecular Hbond substituents is 1. The first kappa shape index (κ1) is 18.5. The van der Waals surface area contributed by atoms with E-state index in [-0.39, 0.29) is 12.2 Å². The zero-order chi connectivity index (χ0) is 18.6. The minimum absolute atomic E-state index is 0.0129. The van der Waals surface area contributed by atoms with E-state index in [4.69, 9.17) is 46.4 Å². The summed E-state index contributed by atoms with van der Waals surface area (Å²) in [7, 11) is 0. The Bertz CT molecular complexity index is 856. The summed E-state index contributed by atoms with van der Waals surface area (Å²) in [6, 6.07) is 6.13. The van der Waals surface area contributed by atoms with Crippen molar-refractivity contribution in [3.8, 4) is 5.75 Å². The van der Waals surface area contributed by atoms with Crippen LogP contribution in [0.1, 0.15) is 17.9 Å². The van der Waals surface area contributed by atoms with E-state index in [1.807, 2.05) is 0 Å². The van der Waals surface area contributed by atoms with Crippen molar-refractivity contribution in [1.29, 1.82) is 0 Å². The third-order valence-electron chi connectivity index (χ3n) is 4.67. The number of carbonyl (C=O) groups excluding carboxylic acids is 2. The Kier molecular flexibility index (Phi) is 4.57. The summed E-state index contributed by atoms with van der Waals surface area (Å²) in [5.74, 6) is -2.12. The molecule has 1 aromatic rings. The van der Waals surface area contributed by atoms with Crippen molar-refractivity contribution in [3.63, 3.8) is 0 Å². The quantitative estimate of drug-likeness (QED) is 0.704. The summed E-state index contributed by atoms with van der Waals surface area (Å²) in [6.07, 6.45) is 3.29. The van der Waals surface area contributed by atoms with Crippen LogP contribution in [0.3, 0.4) is 0 Å². The predicted octanol–water partition coefficient (Wildman–Crippen LogP) is 4.79. The smallest absolute Gasteiger partial charge is 0.199 e. The third-order valence-corrected chi connectivity index (χ3v) is 6.92. The molecule has 3 nitrogen and oxygen atoms in total. The topological polar surface area (TPSA) is 54.4 Å². The van der Waals surface area contributed by atoms with Crippen molar-refractivity contribution < 1.29 is 14.7 Å². The molecule has 0 spiro atoms. The number of aromatic hydroxyl groups is 1. The molecule has 1 aromatic carbocycles. The molecule has 2 aliphatic carbocycles. The highest BCUT2D eigenvalue weighted by molar-refractivity contribution is 6.66. The van der Waals surface area contributed by atoms with Gasteiger partial charge in [-0.15, -0.1) is 23.2 Å². The van der Waals surface area contributed by atoms with E-state index in [1.165, 1.54) is 12.1 Å². The minimum atomic E-state index is -1.86. The highest BCUT2D eigenvalue weighted by atomic mass is 35.5. The van der Waals surface area contributed by atoms with Crippen LogP contribution >= 0.6 is 46.4 Å². The number of allylic oxidation sites excluding steroid dienone is 5. The Labute approximate surface area is 164 Å². The fourth-order valence-corrected chi connectivity index (χ4v) is 4.83. The van der Waals surface area contributed by atoms with Gasteiger partial charge in [0.25, 0.3) is 0 Å². The molecule has 25 heavy (non-hydrogen) atoms. The summed E-state index contributed by atoms with van der Waals surface area (Å²) >= 11 is 25.4. The number of hydrogen-bond acceptors (Lipinski definition) is 3. The maximum atomic E-state index is 13.0.